The summed E-state index contributed by atoms with van der Waals surface area (Å²) in [5, 5.41) is 15.2. The van der Waals surface area contributed by atoms with Crippen molar-refractivity contribution in [1.82, 2.24) is 14.9 Å². The van der Waals surface area contributed by atoms with E-state index < -0.39 is 6.16 Å². The highest BCUT2D eigenvalue weighted by molar-refractivity contribution is 5.93. The lowest BCUT2D eigenvalue weighted by molar-refractivity contribution is 0.144. The number of rotatable bonds is 7. The van der Waals surface area contributed by atoms with Gasteiger partial charge in [0.25, 0.3) is 0 Å². The van der Waals surface area contributed by atoms with Gasteiger partial charge in [0, 0.05) is 30.3 Å². The van der Waals surface area contributed by atoms with Gasteiger partial charge in [0.2, 0.25) is 0 Å². The maximum absolute atomic E-state index is 12.7. The number of carbonyl (C=O) groups excluding carboxylic acids is 1. The summed E-state index contributed by atoms with van der Waals surface area (Å²) in [6.07, 6.45) is 5.08. The average Bonchev–Trinajstić information content (AvgIpc) is 3.27. The first-order valence-electron chi connectivity index (χ1n) is 13.6. The molecule has 3 N–H and O–H groups in total. The second-order valence-corrected chi connectivity index (χ2v) is 10.1. The number of carbonyl (C=O) groups is 2. The molecule has 2 amide bonds. The minimum atomic E-state index is -1.34. The zero-order valence-corrected chi connectivity index (χ0v) is 22.4. The van der Waals surface area contributed by atoms with Crippen LogP contribution in [-0.4, -0.2) is 32.9 Å². The maximum atomic E-state index is 12.7. The van der Waals surface area contributed by atoms with Crippen LogP contribution in [0.25, 0.3) is 22.2 Å². The summed E-state index contributed by atoms with van der Waals surface area (Å²) >= 11 is 0. The minimum Gasteiger partial charge on any atom is -0.449 e. The Morgan fingerprint density at radius 2 is 1.79 bits per heavy atom. The summed E-state index contributed by atoms with van der Waals surface area (Å²) in [6, 6.07) is 19.2. The topological polar surface area (TPSA) is 105 Å². The van der Waals surface area contributed by atoms with Gasteiger partial charge in [0.15, 0.2) is 0 Å². The number of ether oxygens (including phenoxy) is 1. The summed E-state index contributed by atoms with van der Waals surface area (Å²) < 4.78 is 7.15. The Hall–Kier alpha value is -4.33. The van der Waals surface area contributed by atoms with Gasteiger partial charge in [-0.1, -0.05) is 68.7 Å². The molecule has 0 unspecified atom stereocenters. The molecule has 4 aromatic rings. The molecule has 0 aliphatic heterocycles. The second-order valence-electron chi connectivity index (χ2n) is 10.1. The zero-order valence-electron chi connectivity index (χ0n) is 22.4. The Kier molecular flexibility index (Phi) is 7.81. The molecule has 1 aromatic heterocycles. The lowest BCUT2D eigenvalue weighted by Gasteiger charge is -2.23. The number of amides is 2. The number of aryl methyl sites for hydroxylation is 2. The van der Waals surface area contributed by atoms with Crippen LogP contribution in [0.2, 0.25) is 0 Å². The van der Waals surface area contributed by atoms with Gasteiger partial charge in [0.05, 0.1) is 11.0 Å². The van der Waals surface area contributed by atoms with E-state index in [0.717, 1.165) is 58.5 Å². The molecule has 1 heterocycles. The van der Waals surface area contributed by atoms with E-state index >= 15 is 0 Å². The van der Waals surface area contributed by atoms with Crippen LogP contribution in [0.5, 0.6) is 5.75 Å². The third kappa shape index (κ3) is 6.06. The van der Waals surface area contributed by atoms with Crippen molar-refractivity contribution in [3.05, 3.63) is 77.6 Å². The minimum absolute atomic E-state index is 0.162. The number of imidazole rings is 1. The SMILES string of the molecule is CCc1nc2c(C)cc(NC(=O)NC3CCCCC3)cc2n1Cc1ccc(-c2ccccc2OC(=O)O)cc1. The van der Waals surface area contributed by atoms with Crippen LogP contribution in [0, 0.1) is 6.92 Å². The molecule has 0 radical (unpaired) electrons. The van der Waals surface area contributed by atoms with E-state index in [1.807, 2.05) is 55.5 Å². The van der Waals surface area contributed by atoms with Crippen molar-refractivity contribution in [3.63, 3.8) is 0 Å². The van der Waals surface area contributed by atoms with Crippen molar-refractivity contribution in [2.45, 2.75) is 65.0 Å². The number of carboxylic acid groups (broad SMARTS) is 1. The first-order valence-corrected chi connectivity index (χ1v) is 13.6. The number of hydrogen-bond donors (Lipinski definition) is 3. The van der Waals surface area contributed by atoms with E-state index in [4.69, 9.17) is 14.8 Å². The van der Waals surface area contributed by atoms with Gasteiger partial charge in [0.1, 0.15) is 11.6 Å². The smallest absolute Gasteiger partial charge is 0.449 e. The lowest BCUT2D eigenvalue weighted by Crippen LogP contribution is -2.39. The Bertz CT molecular complexity index is 1490. The van der Waals surface area contributed by atoms with Crippen LogP contribution in [0.1, 0.15) is 56.0 Å². The van der Waals surface area contributed by atoms with E-state index in [1.54, 1.807) is 12.1 Å². The molecule has 202 valence electrons. The molecule has 1 saturated carbocycles. The molecule has 8 heteroatoms. The van der Waals surface area contributed by atoms with Gasteiger partial charge >= 0.3 is 12.2 Å². The number of urea groups is 1. The summed E-state index contributed by atoms with van der Waals surface area (Å²) in [6.45, 7) is 4.73. The first kappa shape index (κ1) is 26.3. The zero-order chi connectivity index (χ0) is 27.4. The van der Waals surface area contributed by atoms with Gasteiger partial charge < -0.3 is 25.0 Å². The number of hydrogen-bond acceptors (Lipinski definition) is 4. The quantitative estimate of drug-likeness (QED) is 0.175. The first-order chi connectivity index (χ1) is 18.9. The summed E-state index contributed by atoms with van der Waals surface area (Å²) in [5.74, 6) is 1.27. The average molecular weight is 527 g/mol. The fraction of sp³-hybridized carbons (Fsp3) is 0.323. The lowest BCUT2D eigenvalue weighted by atomic mass is 9.96. The molecule has 0 atom stereocenters. The van der Waals surface area contributed by atoms with Crippen LogP contribution in [0.3, 0.4) is 0 Å². The normalized spacial score (nSPS) is 13.8. The van der Waals surface area contributed by atoms with Crippen molar-refractivity contribution < 1.29 is 19.4 Å². The third-order valence-corrected chi connectivity index (χ3v) is 7.33. The Morgan fingerprint density at radius 3 is 2.51 bits per heavy atom. The highest BCUT2D eigenvalue weighted by Crippen LogP contribution is 2.31. The number of fused-ring (bicyclic) bond motifs is 1. The van der Waals surface area contributed by atoms with Gasteiger partial charge in [-0.25, -0.2) is 14.6 Å². The monoisotopic (exact) mass is 526 g/mol. The van der Waals surface area contributed by atoms with Crippen molar-refractivity contribution in [3.8, 4) is 16.9 Å². The molecule has 0 saturated heterocycles. The van der Waals surface area contributed by atoms with E-state index in [-0.39, 0.29) is 12.1 Å². The molecule has 39 heavy (non-hydrogen) atoms. The summed E-state index contributed by atoms with van der Waals surface area (Å²) in [5.41, 5.74) is 6.34. The van der Waals surface area contributed by atoms with Crippen molar-refractivity contribution in [2.75, 3.05) is 5.32 Å². The highest BCUT2D eigenvalue weighted by atomic mass is 16.7. The second kappa shape index (κ2) is 11.6. The fourth-order valence-corrected chi connectivity index (χ4v) is 5.42. The molecule has 5 rings (SSSR count). The molecule has 0 bridgehead atoms. The Morgan fingerprint density at radius 1 is 1.05 bits per heavy atom. The van der Waals surface area contributed by atoms with Crippen LogP contribution in [0.4, 0.5) is 15.3 Å². The molecule has 0 spiro atoms. The number of nitrogens with one attached hydrogen (secondary N) is 2. The number of nitrogens with zero attached hydrogens (tertiary/aromatic N) is 2. The van der Waals surface area contributed by atoms with E-state index in [9.17, 15) is 9.59 Å². The van der Waals surface area contributed by atoms with Gasteiger partial charge in [-0.2, -0.15) is 0 Å². The van der Waals surface area contributed by atoms with E-state index in [2.05, 4.69) is 22.1 Å². The number of benzene rings is 3. The van der Waals surface area contributed by atoms with Gasteiger partial charge in [-0.15, -0.1) is 0 Å². The maximum Gasteiger partial charge on any atom is 0.511 e. The molecule has 3 aromatic carbocycles. The van der Waals surface area contributed by atoms with Gasteiger partial charge in [-0.05, 0) is 54.7 Å². The predicted molar refractivity (Wildman–Crippen MR) is 153 cm³/mol. The van der Waals surface area contributed by atoms with Crippen LogP contribution < -0.4 is 15.4 Å². The summed E-state index contributed by atoms with van der Waals surface area (Å²) in [7, 11) is 0. The molecule has 1 aliphatic carbocycles. The largest absolute Gasteiger partial charge is 0.511 e. The highest BCUT2D eigenvalue weighted by Gasteiger charge is 2.18. The fourth-order valence-electron chi connectivity index (χ4n) is 5.42. The Balaban J connectivity index is 1.39. The van der Waals surface area contributed by atoms with Crippen molar-refractivity contribution >= 4 is 28.9 Å². The van der Waals surface area contributed by atoms with Crippen LogP contribution in [0.15, 0.2) is 60.7 Å². The van der Waals surface area contributed by atoms with Crippen molar-refractivity contribution in [2.24, 2.45) is 0 Å². The molecular formula is C31H34N4O4. The number of aromatic nitrogens is 2. The van der Waals surface area contributed by atoms with Crippen LogP contribution in [-0.2, 0) is 13.0 Å². The summed E-state index contributed by atoms with van der Waals surface area (Å²) in [4.78, 5) is 28.7. The number of para-hydroxylation sites is 1. The molecule has 1 aliphatic rings. The number of anilines is 1. The Labute approximate surface area is 228 Å². The predicted octanol–water partition coefficient (Wildman–Crippen LogP) is 7.13. The van der Waals surface area contributed by atoms with Crippen molar-refractivity contribution in [1.29, 1.82) is 0 Å². The van der Waals surface area contributed by atoms with E-state index in [1.165, 1.54) is 19.3 Å². The van der Waals surface area contributed by atoms with Gasteiger partial charge in [-0.3, -0.25) is 0 Å². The van der Waals surface area contributed by atoms with Crippen LogP contribution >= 0.6 is 0 Å². The van der Waals surface area contributed by atoms with E-state index in [0.29, 0.717) is 17.9 Å². The standard InChI is InChI=1S/C31H34N4O4/c1-3-28-34-29-20(2)17-24(33-30(36)32-23-9-5-4-6-10-23)18-26(29)35(28)19-21-13-15-22(16-14-21)25-11-7-8-12-27(25)39-31(37)38/h7-8,11-18,23H,3-6,9-10,19H2,1-2H3,(H,37,38)(H2,32,33,36). The third-order valence-electron chi connectivity index (χ3n) is 7.33. The molecular weight excluding hydrogens is 492 g/mol. The molecule has 8 nitrogen and oxygen atoms in total. The molecule has 1 fully saturated rings.